The van der Waals surface area contributed by atoms with Gasteiger partial charge in [0.05, 0.1) is 19.1 Å². The van der Waals surface area contributed by atoms with Gasteiger partial charge in [0.2, 0.25) is 5.91 Å². The predicted octanol–water partition coefficient (Wildman–Crippen LogP) is 3.82. The SMILES string of the molecule is COc1cccc(C(C)(CC(=O)O)NC(=O)CCSc2ccccc2F)c1. The van der Waals surface area contributed by atoms with E-state index in [1.165, 1.54) is 24.9 Å². The summed E-state index contributed by atoms with van der Waals surface area (Å²) in [6.07, 6.45) is -0.134. The first kappa shape index (κ1) is 20.8. The maximum absolute atomic E-state index is 13.6. The molecule has 0 aliphatic rings. The zero-order valence-electron chi connectivity index (χ0n) is 15.2. The molecule has 0 spiro atoms. The highest BCUT2D eigenvalue weighted by atomic mass is 32.2. The number of hydrogen-bond donors (Lipinski definition) is 2. The average Bonchev–Trinajstić information content (AvgIpc) is 2.62. The number of halogens is 1. The van der Waals surface area contributed by atoms with Gasteiger partial charge in [0.15, 0.2) is 0 Å². The Morgan fingerprint density at radius 2 is 1.96 bits per heavy atom. The van der Waals surface area contributed by atoms with Gasteiger partial charge in [0.25, 0.3) is 0 Å². The van der Waals surface area contributed by atoms with Crippen LogP contribution in [0.25, 0.3) is 0 Å². The number of amides is 1. The number of carboxylic acids is 1. The minimum absolute atomic E-state index is 0.137. The van der Waals surface area contributed by atoms with E-state index in [4.69, 9.17) is 4.74 Å². The van der Waals surface area contributed by atoms with E-state index in [2.05, 4.69) is 5.32 Å². The van der Waals surface area contributed by atoms with Gasteiger partial charge >= 0.3 is 5.97 Å². The molecule has 2 N–H and O–H groups in total. The van der Waals surface area contributed by atoms with Crippen LogP contribution in [0.4, 0.5) is 4.39 Å². The van der Waals surface area contributed by atoms with Crippen molar-refractivity contribution in [1.82, 2.24) is 5.32 Å². The smallest absolute Gasteiger partial charge is 0.306 e. The Labute approximate surface area is 161 Å². The molecule has 7 heteroatoms. The van der Waals surface area contributed by atoms with Crippen LogP contribution in [0.1, 0.15) is 25.3 Å². The number of carbonyl (C=O) groups is 2. The number of carbonyl (C=O) groups excluding carboxylic acids is 1. The fraction of sp³-hybridized carbons (Fsp3) is 0.300. The van der Waals surface area contributed by atoms with E-state index < -0.39 is 11.5 Å². The Kier molecular flexibility index (Phi) is 7.24. The van der Waals surface area contributed by atoms with E-state index in [0.29, 0.717) is 22.0 Å². The summed E-state index contributed by atoms with van der Waals surface area (Å²) < 4.78 is 18.8. The zero-order valence-corrected chi connectivity index (χ0v) is 16.0. The third kappa shape index (κ3) is 5.99. The van der Waals surface area contributed by atoms with Crippen LogP contribution in [-0.4, -0.2) is 29.8 Å². The van der Waals surface area contributed by atoms with Gasteiger partial charge < -0.3 is 15.2 Å². The van der Waals surface area contributed by atoms with Crippen molar-refractivity contribution in [3.8, 4) is 5.75 Å². The predicted molar refractivity (Wildman–Crippen MR) is 102 cm³/mol. The van der Waals surface area contributed by atoms with Crippen molar-refractivity contribution in [2.75, 3.05) is 12.9 Å². The molecule has 0 radical (unpaired) electrons. The van der Waals surface area contributed by atoms with E-state index in [-0.39, 0.29) is 24.6 Å². The lowest BCUT2D eigenvalue weighted by Crippen LogP contribution is -2.45. The number of carboxylic acid groups (broad SMARTS) is 1. The first-order valence-electron chi connectivity index (χ1n) is 8.39. The molecule has 1 amide bonds. The number of benzene rings is 2. The van der Waals surface area contributed by atoms with Gasteiger partial charge in [-0.25, -0.2) is 4.39 Å². The third-order valence-electron chi connectivity index (χ3n) is 4.05. The Morgan fingerprint density at radius 3 is 2.63 bits per heavy atom. The molecule has 5 nitrogen and oxygen atoms in total. The van der Waals surface area contributed by atoms with Crippen molar-refractivity contribution in [3.63, 3.8) is 0 Å². The van der Waals surface area contributed by atoms with E-state index >= 15 is 0 Å². The van der Waals surface area contributed by atoms with E-state index in [1.54, 1.807) is 49.4 Å². The molecular weight excluding hydrogens is 369 g/mol. The van der Waals surface area contributed by atoms with Gasteiger partial charge in [0.1, 0.15) is 11.6 Å². The first-order valence-corrected chi connectivity index (χ1v) is 9.37. The normalized spacial score (nSPS) is 12.9. The number of hydrogen-bond acceptors (Lipinski definition) is 4. The summed E-state index contributed by atoms with van der Waals surface area (Å²) in [5.74, 6) is -0.691. The zero-order chi connectivity index (χ0) is 19.9. The average molecular weight is 391 g/mol. The molecule has 0 heterocycles. The summed E-state index contributed by atoms with van der Waals surface area (Å²) in [6, 6.07) is 13.3. The molecule has 2 aromatic rings. The highest BCUT2D eigenvalue weighted by Crippen LogP contribution is 2.28. The quantitative estimate of drug-likeness (QED) is 0.636. The molecule has 0 aromatic heterocycles. The minimum atomic E-state index is -1.08. The molecule has 1 atom stereocenters. The van der Waals surface area contributed by atoms with E-state index in [9.17, 15) is 19.1 Å². The molecule has 2 rings (SSSR count). The number of aliphatic carboxylic acids is 1. The molecular formula is C20H22FNO4S. The van der Waals surface area contributed by atoms with Crippen LogP contribution in [0.2, 0.25) is 0 Å². The van der Waals surface area contributed by atoms with Gasteiger partial charge in [-0.3, -0.25) is 9.59 Å². The van der Waals surface area contributed by atoms with Crippen LogP contribution < -0.4 is 10.1 Å². The molecule has 144 valence electrons. The molecule has 2 aromatic carbocycles. The van der Waals surface area contributed by atoms with E-state index in [0.717, 1.165) is 0 Å². The number of nitrogens with one attached hydrogen (secondary N) is 1. The van der Waals surface area contributed by atoms with Crippen molar-refractivity contribution in [2.24, 2.45) is 0 Å². The van der Waals surface area contributed by atoms with Crippen LogP contribution in [-0.2, 0) is 15.1 Å². The number of methoxy groups -OCH3 is 1. The summed E-state index contributed by atoms with van der Waals surface area (Å²) in [6.45, 7) is 1.66. The maximum atomic E-state index is 13.6. The van der Waals surface area contributed by atoms with Gasteiger partial charge in [-0.05, 0) is 36.8 Å². The van der Waals surface area contributed by atoms with Gasteiger partial charge in [-0.15, -0.1) is 11.8 Å². The molecule has 27 heavy (non-hydrogen) atoms. The Balaban J connectivity index is 2.05. The summed E-state index contributed by atoms with van der Waals surface area (Å²) in [4.78, 5) is 24.2. The molecule has 0 aliphatic heterocycles. The molecule has 0 saturated carbocycles. The Bertz CT molecular complexity index is 814. The third-order valence-corrected chi connectivity index (χ3v) is 5.10. The second-order valence-corrected chi connectivity index (χ2v) is 7.35. The monoisotopic (exact) mass is 391 g/mol. The van der Waals surface area contributed by atoms with Gasteiger partial charge in [-0.1, -0.05) is 24.3 Å². The second kappa shape index (κ2) is 9.41. The van der Waals surface area contributed by atoms with Crippen LogP contribution >= 0.6 is 11.8 Å². The lowest BCUT2D eigenvalue weighted by Gasteiger charge is -2.30. The van der Waals surface area contributed by atoms with E-state index in [1.807, 2.05) is 0 Å². The largest absolute Gasteiger partial charge is 0.497 e. The number of rotatable bonds is 9. The maximum Gasteiger partial charge on any atom is 0.306 e. The summed E-state index contributed by atoms with van der Waals surface area (Å²) in [5.41, 5.74) is -0.445. The lowest BCUT2D eigenvalue weighted by molar-refractivity contribution is -0.139. The Morgan fingerprint density at radius 1 is 1.22 bits per heavy atom. The lowest BCUT2D eigenvalue weighted by atomic mass is 9.88. The molecule has 0 fully saturated rings. The van der Waals surface area contributed by atoms with Crippen LogP contribution in [0.3, 0.4) is 0 Å². The van der Waals surface area contributed by atoms with Gasteiger partial charge in [0, 0.05) is 17.1 Å². The van der Waals surface area contributed by atoms with Crippen molar-refractivity contribution >= 4 is 23.6 Å². The van der Waals surface area contributed by atoms with Crippen LogP contribution in [0.5, 0.6) is 5.75 Å². The van der Waals surface area contributed by atoms with Crippen molar-refractivity contribution < 1.29 is 23.8 Å². The topological polar surface area (TPSA) is 75.6 Å². The standard InChI is InChI=1S/C20H22FNO4S/c1-20(13-19(24)25,14-6-5-7-15(12-14)26-2)22-18(23)10-11-27-17-9-4-3-8-16(17)21/h3-9,12H,10-11,13H2,1-2H3,(H,22,23)(H,24,25). The van der Waals surface area contributed by atoms with Gasteiger partial charge in [-0.2, -0.15) is 0 Å². The number of ether oxygens (including phenoxy) is 1. The minimum Gasteiger partial charge on any atom is -0.497 e. The molecule has 0 bridgehead atoms. The van der Waals surface area contributed by atoms with Crippen LogP contribution in [0, 0.1) is 5.82 Å². The molecule has 0 saturated heterocycles. The first-order chi connectivity index (χ1) is 12.8. The fourth-order valence-electron chi connectivity index (χ4n) is 2.67. The summed E-state index contributed by atoms with van der Waals surface area (Å²) in [5, 5.41) is 12.1. The Hall–Kier alpha value is -2.54. The molecule has 0 aliphatic carbocycles. The summed E-state index contributed by atoms with van der Waals surface area (Å²) in [7, 11) is 1.52. The second-order valence-electron chi connectivity index (χ2n) is 6.21. The summed E-state index contributed by atoms with van der Waals surface area (Å²) >= 11 is 1.25. The highest BCUT2D eigenvalue weighted by molar-refractivity contribution is 7.99. The van der Waals surface area contributed by atoms with Crippen molar-refractivity contribution in [3.05, 3.63) is 59.9 Å². The highest BCUT2D eigenvalue weighted by Gasteiger charge is 2.31. The molecule has 1 unspecified atom stereocenters. The van der Waals surface area contributed by atoms with Crippen molar-refractivity contribution in [1.29, 1.82) is 0 Å². The van der Waals surface area contributed by atoms with Crippen molar-refractivity contribution in [2.45, 2.75) is 30.2 Å². The fourth-order valence-corrected chi connectivity index (χ4v) is 3.56. The van der Waals surface area contributed by atoms with Crippen LogP contribution in [0.15, 0.2) is 53.4 Å². The number of thioether (sulfide) groups is 1.